The Balaban J connectivity index is 0.00000481. The fourth-order valence-electron chi connectivity index (χ4n) is 3.06. The number of aromatic nitrogens is 1. The molecule has 1 saturated heterocycles. The van der Waals surface area contributed by atoms with Crippen molar-refractivity contribution < 1.29 is 68.6 Å². The third kappa shape index (κ3) is 6.85. The second-order valence-corrected chi connectivity index (χ2v) is 10.5. The molecule has 18 heteroatoms. The molecule has 37 heavy (non-hydrogen) atoms. The number of anilines is 1. The molecule has 0 unspecified atom stereocenters. The number of thioether (sulfide) groups is 2. The van der Waals surface area contributed by atoms with Crippen molar-refractivity contribution in [1.82, 2.24) is 20.1 Å². The number of carboxylic acid groups (broad SMARTS) is 2. The number of oxime groups is 1. The molecule has 1 aromatic heterocycles. The van der Waals surface area contributed by atoms with Crippen molar-refractivity contribution in [2.24, 2.45) is 5.16 Å². The minimum absolute atomic E-state index is 0. The maximum absolute atomic E-state index is 12.9. The summed E-state index contributed by atoms with van der Waals surface area (Å²) in [5.41, 5.74) is 4.77. The van der Waals surface area contributed by atoms with E-state index in [9.17, 15) is 29.1 Å². The van der Waals surface area contributed by atoms with Crippen LogP contribution in [-0.4, -0.2) is 93.1 Å². The van der Waals surface area contributed by atoms with Crippen LogP contribution in [0.2, 0.25) is 0 Å². The maximum atomic E-state index is 12.9. The Labute approximate surface area is 244 Å². The van der Waals surface area contributed by atoms with Gasteiger partial charge < -0.3 is 35.8 Å². The van der Waals surface area contributed by atoms with Gasteiger partial charge in [-0.05, 0) is 0 Å². The van der Waals surface area contributed by atoms with Crippen molar-refractivity contribution in [3.05, 3.63) is 33.2 Å². The largest absolute Gasteiger partial charge is 1.00 e. The quantitative estimate of drug-likeness (QED) is 0.0786. The number of aliphatic carboxylic acids is 2. The second-order valence-electron chi connectivity index (χ2n) is 7.32. The third-order valence-corrected chi connectivity index (χ3v) is 7.77. The van der Waals surface area contributed by atoms with Crippen LogP contribution in [-0.2, 0) is 28.8 Å². The minimum atomic E-state index is -1.62. The molecular weight excluding hydrogens is 559 g/mol. The van der Waals surface area contributed by atoms with Crippen LogP contribution in [0.25, 0.3) is 0 Å². The molecule has 0 aliphatic carbocycles. The van der Waals surface area contributed by atoms with Crippen molar-refractivity contribution in [2.75, 3.05) is 32.2 Å². The number of nitrogens with two attached hydrogens (primary N) is 1. The first-order valence-corrected chi connectivity index (χ1v) is 12.6. The first-order chi connectivity index (χ1) is 16.9. The number of thiazole rings is 1. The maximum Gasteiger partial charge on any atom is 1.00 e. The van der Waals surface area contributed by atoms with E-state index in [0.717, 1.165) is 39.8 Å². The Hall–Kier alpha value is -2.57. The minimum Gasteiger partial charge on any atom is -0.543 e. The molecule has 1 aromatic rings. The van der Waals surface area contributed by atoms with Gasteiger partial charge in [-0.2, -0.15) is 0 Å². The molecule has 1 fully saturated rings. The SMILES string of the molecule is C=C(SC1=C(C(=O)[O-])N2C(=O)[C@@H](NC(=O)/C(=N\OCC(=O)O)c3csc(N)n3)[C@@H]2SC1)C(=O)N(C)C.[Na+]. The summed E-state index contributed by atoms with van der Waals surface area (Å²) in [6, 6.07) is -1.13. The predicted octanol–water partition coefficient (Wildman–Crippen LogP) is -4.77. The van der Waals surface area contributed by atoms with Gasteiger partial charge in [-0.15, -0.1) is 23.1 Å². The van der Waals surface area contributed by atoms with Gasteiger partial charge in [0.25, 0.3) is 17.7 Å². The molecule has 14 nitrogen and oxygen atoms in total. The molecule has 0 bridgehead atoms. The van der Waals surface area contributed by atoms with Crippen LogP contribution in [0.5, 0.6) is 0 Å². The number of carbonyl (C=O) groups excluding carboxylic acids is 4. The van der Waals surface area contributed by atoms with E-state index in [1.807, 2.05) is 0 Å². The number of rotatable bonds is 10. The monoisotopic (exact) mass is 578 g/mol. The molecule has 0 radical (unpaired) electrons. The third-order valence-electron chi connectivity index (χ3n) is 4.63. The molecule has 2 aliphatic heterocycles. The fourth-order valence-corrected chi connectivity index (χ4v) is 6.09. The summed E-state index contributed by atoms with van der Waals surface area (Å²) in [6.45, 7) is 2.84. The van der Waals surface area contributed by atoms with Crippen molar-refractivity contribution in [3.63, 3.8) is 0 Å². The molecule has 0 saturated carbocycles. The first-order valence-electron chi connectivity index (χ1n) is 9.84. The van der Waals surface area contributed by atoms with Gasteiger partial charge >= 0.3 is 35.5 Å². The van der Waals surface area contributed by atoms with Crippen LogP contribution in [0, 0.1) is 0 Å². The van der Waals surface area contributed by atoms with E-state index in [0.29, 0.717) is 0 Å². The molecular formula is C19H19N6NaO8S3. The van der Waals surface area contributed by atoms with Crippen molar-refractivity contribution in [1.29, 1.82) is 0 Å². The van der Waals surface area contributed by atoms with Gasteiger partial charge in [-0.3, -0.25) is 19.3 Å². The van der Waals surface area contributed by atoms with Gasteiger partial charge in [0.15, 0.2) is 10.8 Å². The topological polar surface area (TPSA) is 208 Å². The Morgan fingerprint density at radius 3 is 2.65 bits per heavy atom. The van der Waals surface area contributed by atoms with Crippen LogP contribution in [0.3, 0.4) is 0 Å². The molecule has 192 valence electrons. The van der Waals surface area contributed by atoms with Gasteiger partial charge in [0.05, 0.1) is 16.6 Å². The van der Waals surface area contributed by atoms with Crippen LogP contribution < -0.4 is 45.7 Å². The van der Waals surface area contributed by atoms with Gasteiger partial charge in [0.2, 0.25) is 6.61 Å². The number of hydrogen-bond acceptors (Lipinski definition) is 13. The summed E-state index contributed by atoms with van der Waals surface area (Å²) in [7, 11) is 3.04. The number of fused-ring (bicyclic) bond motifs is 1. The zero-order valence-corrected chi connectivity index (χ0v) is 24.2. The average molecular weight is 579 g/mol. The molecule has 3 amide bonds. The number of carboxylic acids is 2. The average Bonchev–Trinajstić information content (AvgIpc) is 3.24. The van der Waals surface area contributed by atoms with Crippen LogP contribution in [0.1, 0.15) is 5.69 Å². The second kappa shape index (κ2) is 12.8. The number of nitrogen functional groups attached to an aromatic ring is 1. The van der Waals surface area contributed by atoms with Crippen molar-refractivity contribution >= 4 is 75.4 Å². The number of likely N-dealkylation sites (N-methyl/N-ethyl adjacent to an activating group) is 1. The normalized spacial score (nSPS) is 18.7. The number of carbonyl (C=O) groups is 5. The molecule has 0 spiro atoms. The van der Waals surface area contributed by atoms with E-state index in [1.165, 1.54) is 24.4 Å². The number of β-lactam (4-membered cyclic amide) rings is 1. The fraction of sp³-hybridized carbons (Fsp3) is 0.316. The van der Waals surface area contributed by atoms with E-state index in [2.05, 4.69) is 26.9 Å². The van der Waals surface area contributed by atoms with Gasteiger partial charge in [0.1, 0.15) is 17.1 Å². The summed E-state index contributed by atoms with van der Waals surface area (Å²) < 4.78 is 0. The van der Waals surface area contributed by atoms with E-state index in [4.69, 9.17) is 10.8 Å². The van der Waals surface area contributed by atoms with Crippen LogP contribution >= 0.6 is 34.9 Å². The zero-order chi connectivity index (χ0) is 26.7. The van der Waals surface area contributed by atoms with Crippen LogP contribution in [0.4, 0.5) is 5.13 Å². The molecule has 4 N–H and O–H groups in total. The Morgan fingerprint density at radius 2 is 2.11 bits per heavy atom. The van der Waals surface area contributed by atoms with Crippen molar-refractivity contribution in [2.45, 2.75) is 11.4 Å². The van der Waals surface area contributed by atoms with Gasteiger partial charge in [-0.25, -0.2) is 9.78 Å². The summed E-state index contributed by atoms with van der Waals surface area (Å²) >= 11 is 3.00. The van der Waals surface area contributed by atoms with E-state index >= 15 is 0 Å². The van der Waals surface area contributed by atoms with Crippen molar-refractivity contribution in [3.8, 4) is 0 Å². The van der Waals surface area contributed by atoms with E-state index < -0.39 is 59.1 Å². The molecule has 2 atom stereocenters. The number of nitrogens with zero attached hydrogens (tertiary/aromatic N) is 4. The summed E-state index contributed by atoms with van der Waals surface area (Å²) in [6.07, 6.45) is 0. The Bertz CT molecular complexity index is 1220. The van der Waals surface area contributed by atoms with E-state index in [-0.39, 0.29) is 55.9 Å². The molecule has 2 aliphatic rings. The number of nitrogens with one attached hydrogen (secondary N) is 1. The van der Waals surface area contributed by atoms with E-state index in [1.54, 1.807) is 0 Å². The Morgan fingerprint density at radius 1 is 1.43 bits per heavy atom. The standard InChI is InChI=1S/C19H20N6O8S3.Na/c1-7(15(29)24(2)3)36-9-6-34-17-12(16(30)25(17)13(9)18(31)32)22-14(28)11(23-33-4-10(26)27)8-5-35-19(20)21-8;/h5,12,17H,1,4,6H2,2-3H3,(H2,20,21)(H,22,28)(H,26,27)(H,31,32);/q;+1/p-1/b23-11-;/t12-,17+;/m1./s1. The van der Waals surface area contributed by atoms with Gasteiger partial charge in [-0.1, -0.05) is 23.5 Å². The Kier molecular flexibility index (Phi) is 10.6. The predicted molar refractivity (Wildman–Crippen MR) is 129 cm³/mol. The number of hydrogen-bond donors (Lipinski definition) is 3. The zero-order valence-electron chi connectivity index (χ0n) is 19.7. The summed E-state index contributed by atoms with van der Waals surface area (Å²) in [4.78, 5) is 71.6. The smallest absolute Gasteiger partial charge is 0.543 e. The molecule has 0 aromatic carbocycles. The summed E-state index contributed by atoms with van der Waals surface area (Å²) in [5, 5.41) is 27.3. The molecule has 3 heterocycles. The number of amides is 3. The molecule has 3 rings (SSSR count). The summed E-state index contributed by atoms with van der Waals surface area (Å²) in [5.74, 6) is -4.89. The van der Waals surface area contributed by atoms with Crippen LogP contribution in [0.15, 0.2) is 32.6 Å². The first kappa shape index (κ1) is 30.7. The van der Waals surface area contributed by atoms with Gasteiger partial charge in [0, 0.05) is 30.1 Å².